The number of aliphatic imine (C=N–C) groups is 1. The number of nitrogens with zero attached hydrogens (tertiary/aromatic N) is 1. The molecule has 0 saturated heterocycles. The number of carbonyl (C=O) groups excluding carboxylic acids is 2. The number of fused-ring (bicyclic) bond motifs is 1. The van der Waals surface area contributed by atoms with Crippen LogP contribution < -0.4 is 5.32 Å². The molecule has 1 aliphatic heterocycles. The van der Waals surface area contributed by atoms with Gasteiger partial charge in [-0.2, -0.15) is 0 Å². The topological polar surface area (TPSA) is 58.5 Å². The third-order valence-corrected chi connectivity index (χ3v) is 3.95. The maximum atomic E-state index is 12.0. The number of carbonyl (C=O) groups is 2. The molecule has 1 heterocycles. The predicted molar refractivity (Wildman–Crippen MR) is 82.1 cm³/mol. The molecule has 20 heavy (non-hydrogen) atoms. The SMILES string of the molecule is O=C1CSC(CC(=O)Nc2cccc3ccccc23)=N1. The first kappa shape index (κ1) is 12.9. The Kier molecular flexibility index (Phi) is 3.52. The fourth-order valence-electron chi connectivity index (χ4n) is 2.11. The van der Waals surface area contributed by atoms with E-state index < -0.39 is 0 Å². The van der Waals surface area contributed by atoms with Crippen LogP contribution in [0.4, 0.5) is 5.69 Å². The zero-order chi connectivity index (χ0) is 13.9. The number of rotatable bonds is 3. The van der Waals surface area contributed by atoms with E-state index >= 15 is 0 Å². The van der Waals surface area contributed by atoms with E-state index in [0.29, 0.717) is 10.8 Å². The largest absolute Gasteiger partial charge is 0.325 e. The second-order valence-electron chi connectivity index (χ2n) is 4.44. The summed E-state index contributed by atoms with van der Waals surface area (Å²) in [7, 11) is 0. The lowest BCUT2D eigenvalue weighted by Crippen LogP contribution is -2.14. The number of hydrogen-bond donors (Lipinski definition) is 1. The van der Waals surface area contributed by atoms with E-state index in [9.17, 15) is 9.59 Å². The van der Waals surface area contributed by atoms with Crippen LogP contribution in [0.3, 0.4) is 0 Å². The quantitative estimate of drug-likeness (QED) is 0.942. The van der Waals surface area contributed by atoms with Gasteiger partial charge in [0.15, 0.2) is 0 Å². The zero-order valence-electron chi connectivity index (χ0n) is 10.6. The molecule has 0 saturated carbocycles. The molecule has 0 unspecified atom stereocenters. The van der Waals surface area contributed by atoms with Crippen LogP contribution in [0.5, 0.6) is 0 Å². The number of thioether (sulfide) groups is 1. The Bertz CT molecular complexity index is 719. The van der Waals surface area contributed by atoms with Crippen LogP contribution in [0.15, 0.2) is 47.5 Å². The summed E-state index contributed by atoms with van der Waals surface area (Å²) in [6, 6.07) is 13.6. The number of anilines is 1. The van der Waals surface area contributed by atoms with Crippen LogP contribution in [0.25, 0.3) is 10.8 Å². The van der Waals surface area contributed by atoms with Crippen LogP contribution in [-0.2, 0) is 9.59 Å². The van der Waals surface area contributed by atoms with Gasteiger partial charge < -0.3 is 5.32 Å². The van der Waals surface area contributed by atoms with Crippen LogP contribution in [0.2, 0.25) is 0 Å². The molecule has 1 N–H and O–H groups in total. The van der Waals surface area contributed by atoms with Gasteiger partial charge in [-0.05, 0) is 11.5 Å². The third kappa shape index (κ3) is 2.72. The number of amides is 2. The molecular formula is C15H12N2O2S. The maximum absolute atomic E-state index is 12.0. The number of nitrogens with one attached hydrogen (secondary N) is 1. The van der Waals surface area contributed by atoms with Crippen molar-refractivity contribution in [2.45, 2.75) is 6.42 Å². The Hall–Kier alpha value is -2.14. The Morgan fingerprint density at radius 1 is 1.20 bits per heavy atom. The molecule has 0 fully saturated rings. The monoisotopic (exact) mass is 284 g/mol. The summed E-state index contributed by atoms with van der Waals surface area (Å²) in [5.74, 6) is 0.0296. The molecule has 0 atom stereocenters. The highest BCUT2D eigenvalue weighted by Crippen LogP contribution is 2.23. The van der Waals surface area contributed by atoms with Gasteiger partial charge in [-0.3, -0.25) is 9.59 Å². The van der Waals surface area contributed by atoms with Crippen molar-refractivity contribution in [3.63, 3.8) is 0 Å². The minimum Gasteiger partial charge on any atom is -0.325 e. The van der Waals surface area contributed by atoms with Gasteiger partial charge in [-0.1, -0.05) is 36.4 Å². The molecule has 100 valence electrons. The van der Waals surface area contributed by atoms with Crippen molar-refractivity contribution in [2.75, 3.05) is 11.1 Å². The predicted octanol–water partition coefficient (Wildman–Crippen LogP) is 2.84. The van der Waals surface area contributed by atoms with Crippen molar-refractivity contribution in [3.05, 3.63) is 42.5 Å². The summed E-state index contributed by atoms with van der Waals surface area (Å²) in [6.45, 7) is 0. The van der Waals surface area contributed by atoms with Crippen LogP contribution in [0, 0.1) is 0 Å². The van der Waals surface area contributed by atoms with E-state index in [0.717, 1.165) is 16.5 Å². The van der Waals surface area contributed by atoms with E-state index in [1.807, 2.05) is 42.5 Å². The normalized spacial score (nSPS) is 14.4. The first-order valence-electron chi connectivity index (χ1n) is 6.23. The minimum absolute atomic E-state index is 0.151. The molecular weight excluding hydrogens is 272 g/mol. The minimum atomic E-state index is -0.164. The molecule has 5 heteroatoms. The molecule has 2 aromatic carbocycles. The van der Waals surface area contributed by atoms with Gasteiger partial charge in [-0.15, -0.1) is 11.8 Å². The second-order valence-corrected chi connectivity index (χ2v) is 5.49. The average Bonchev–Trinajstić information content (AvgIpc) is 2.84. The highest BCUT2D eigenvalue weighted by molar-refractivity contribution is 8.15. The molecule has 0 bridgehead atoms. The molecule has 0 aliphatic carbocycles. The third-order valence-electron chi connectivity index (χ3n) is 2.99. The van der Waals surface area contributed by atoms with Gasteiger partial charge in [0, 0.05) is 11.1 Å². The van der Waals surface area contributed by atoms with Crippen molar-refractivity contribution < 1.29 is 9.59 Å². The fourth-order valence-corrected chi connectivity index (χ4v) is 2.86. The van der Waals surface area contributed by atoms with Crippen LogP contribution >= 0.6 is 11.8 Å². The highest BCUT2D eigenvalue weighted by Gasteiger charge is 2.17. The van der Waals surface area contributed by atoms with Crippen molar-refractivity contribution in [1.82, 2.24) is 0 Å². The summed E-state index contributed by atoms with van der Waals surface area (Å²) < 4.78 is 0. The summed E-state index contributed by atoms with van der Waals surface area (Å²) >= 11 is 1.33. The first-order chi connectivity index (χ1) is 9.72. The van der Waals surface area contributed by atoms with Crippen molar-refractivity contribution in [1.29, 1.82) is 0 Å². The Morgan fingerprint density at radius 2 is 2.00 bits per heavy atom. The van der Waals surface area contributed by atoms with Gasteiger partial charge in [0.1, 0.15) is 0 Å². The lowest BCUT2D eigenvalue weighted by atomic mass is 10.1. The van der Waals surface area contributed by atoms with E-state index in [1.54, 1.807) is 0 Å². The van der Waals surface area contributed by atoms with Crippen molar-refractivity contribution in [2.24, 2.45) is 4.99 Å². The van der Waals surface area contributed by atoms with Gasteiger partial charge in [0.25, 0.3) is 5.91 Å². The molecule has 0 radical (unpaired) electrons. The Labute approximate surface area is 120 Å². The first-order valence-corrected chi connectivity index (χ1v) is 7.22. The number of benzene rings is 2. The molecule has 0 aromatic heterocycles. The summed E-state index contributed by atoms with van der Waals surface area (Å²) in [5, 5.41) is 5.55. The summed E-state index contributed by atoms with van der Waals surface area (Å²) in [5.41, 5.74) is 0.781. The maximum Gasteiger partial charge on any atom is 0.256 e. The Balaban J connectivity index is 1.78. The van der Waals surface area contributed by atoms with E-state index in [-0.39, 0.29) is 18.2 Å². The molecule has 4 nitrogen and oxygen atoms in total. The zero-order valence-corrected chi connectivity index (χ0v) is 11.4. The lowest BCUT2D eigenvalue weighted by molar-refractivity contribution is -0.115. The smallest absolute Gasteiger partial charge is 0.256 e. The highest BCUT2D eigenvalue weighted by atomic mass is 32.2. The molecule has 2 amide bonds. The van der Waals surface area contributed by atoms with Gasteiger partial charge >= 0.3 is 0 Å². The van der Waals surface area contributed by atoms with Gasteiger partial charge in [0.05, 0.1) is 17.2 Å². The van der Waals surface area contributed by atoms with E-state index in [2.05, 4.69) is 10.3 Å². The van der Waals surface area contributed by atoms with Crippen molar-refractivity contribution in [3.8, 4) is 0 Å². The molecule has 1 aliphatic rings. The van der Waals surface area contributed by atoms with Crippen molar-refractivity contribution >= 4 is 45.1 Å². The number of hydrogen-bond acceptors (Lipinski definition) is 3. The van der Waals surface area contributed by atoms with Gasteiger partial charge in [-0.25, -0.2) is 4.99 Å². The molecule has 2 aromatic rings. The fraction of sp³-hybridized carbons (Fsp3) is 0.133. The summed E-state index contributed by atoms with van der Waals surface area (Å²) in [6.07, 6.45) is 0.152. The van der Waals surface area contributed by atoms with Crippen LogP contribution in [-0.4, -0.2) is 22.6 Å². The van der Waals surface area contributed by atoms with Gasteiger partial charge in [0.2, 0.25) is 5.91 Å². The Morgan fingerprint density at radius 3 is 2.80 bits per heavy atom. The van der Waals surface area contributed by atoms with E-state index in [4.69, 9.17) is 0 Å². The summed E-state index contributed by atoms with van der Waals surface area (Å²) in [4.78, 5) is 26.8. The van der Waals surface area contributed by atoms with E-state index in [1.165, 1.54) is 11.8 Å². The second kappa shape index (κ2) is 5.46. The lowest BCUT2D eigenvalue weighted by Gasteiger charge is -2.08. The standard InChI is InChI=1S/C15H12N2O2S/c18-13(8-15-17-14(19)9-20-15)16-12-7-3-5-10-4-1-2-6-11(10)12/h1-7H,8-9H2,(H,16,18). The van der Waals surface area contributed by atoms with Crippen LogP contribution in [0.1, 0.15) is 6.42 Å². The molecule has 0 spiro atoms. The average molecular weight is 284 g/mol. The molecule has 3 rings (SSSR count).